The highest BCUT2D eigenvalue weighted by Crippen LogP contribution is 2.25. The molecule has 0 saturated carbocycles. The van der Waals surface area contributed by atoms with Gasteiger partial charge in [-0.05, 0) is 25.1 Å². The Hall–Kier alpha value is -2.05. The van der Waals surface area contributed by atoms with Crippen molar-refractivity contribution in [3.05, 3.63) is 52.2 Å². The number of benzene rings is 1. The average molecular weight is 299 g/mol. The van der Waals surface area contributed by atoms with Gasteiger partial charge in [0, 0.05) is 5.56 Å². The van der Waals surface area contributed by atoms with Crippen molar-refractivity contribution in [1.29, 1.82) is 0 Å². The van der Waals surface area contributed by atoms with Crippen LogP contribution in [0.3, 0.4) is 0 Å². The van der Waals surface area contributed by atoms with Gasteiger partial charge in [-0.3, -0.25) is 10.2 Å². The Morgan fingerprint density at radius 1 is 1.55 bits per heavy atom. The number of aryl methyl sites for hydroxylation is 1. The SMILES string of the molecule is Cc1oc(C(=O)NN)cc1COc1cccc(Cl)c1F. The van der Waals surface area contributed by atoms with Gasteiger partial charge in [0.25, 0.3) is 0 Å². The number of rotatable bonds is 4. The zero-order valence-corrected chi connectivity index (χ0v) is 11.3. The molecular formula is C13H12ClFN2O3. The molecular weight excluding hydrogens is 287 g/mol. The number of halogens is 2. The molecule has 0 bridgehead atoms. The normalized spacial score (nSPS) is 10.4. The van der Waals surface area contributed by atoms with Gasteiger partial charge < -0.3 is 9.15 Å². The molecule has 2 rings (SSSR count). The molecule has 0 radical (unpaired) electrons. The van der Waals surface area contributed by atoms with E-state index in [0.29, 0.717) is 11.3 Å². The molecule has 0 unspecified atom stereocenters. The summed E-state index contributed by atoms with van der Waals surface area (Å²) in [6.45, 7) is 1.71. The third-order valence-corrected chi connectivity index (χ3v) is 2.97. The van der Waals surface area contributed by atoms with Gasteiger partial charge in [-0.25, -0.2) is 10.2 Å². The number of nitrogens with one attached hydrogen (secondary N) is 1. The van der Waals surface area contributed by atoms with E-state index in [0.717, 1.165) is 0 Å². The molecule has 0 spiro atoms. The molecule has 7 heteroatoms. The maximum atomic E-state index is 13.6. The van der Waals surface area contributed by atoms with E-state index in [1.807, 2.05) is 5.43 Å². The third kappa shape index (κ3) is 2.92. The summed E-state index contributed by atoms with van der Waals surface area (Å²) in [6.07, 6.45) is 0. The van der Waals surface area contributed by atoms with Gasteiger partial charge >= 0.3 is 5.91 Å². The van der Waals surface area contributed by atoms with Gasteiger partial charge in [0.15, 0.2) is 17.3 Å². The van der Waals surface area contributed by atoms with Crippen LogP contribution in [0.4, 0.5) is 4.39 Å². The molecule has 106 valence electrons. The van der Waals surface area contributed by atoms with Gasteiger partial charge in [0.05, 0.1) is 5.02 Å². The summed E-state index contributed by atoms with van der Waals surface area (Å²) in [5, 5.41) is -0.0189. The summed E-state index contributed by atoms with van der Waals surface area (Å²) >= 11 is 5.65. The molecule has 0 atom stereocenters. The first-order chi connectivity index (χ1) is 9.52. The van der Waals surface area contributed by atoms with Crippen molar-refractivity contribution < 1.29 is 18.3 Å². The van der Waals surface area contributed by atoms with E-state index in [4.69, 9.17) is 26.6 Å². The third-order valence-electron chi connectivity index (χ3n) is 2.67. The molecule has 0 fully saturated rings. The van der Waals surface area contributed by atoms with E-state index in [1.165, 1.54) is 18.2 Å². The van der Waals surface area contributed by atoms with Crippen molar-refractivity contribution in [3.63, 3.8) is 0 Å². The van der Waals surface area contributed by atoms with Gasteiger partial charge in [-0.15, -0.1) is 0 Å². The van der Waals surface area contributed by atoms with E-state index < -0.39 is 11.7 Å². The van der Waals surface area contributed by atoms with Crippen LogP contribution in [0.5, 0.6) is 5.75 Å². The Kier molecular flexibility index (Phi) is 4.26. The number of carbonyl (C=O) groups is 1. The minimum atomic E-state index is -0.629. The van der Waals surface area contributed by atoms with Crippen molar-refractivity contribution in [2.24, 2.45) is 5.84 Å². The molecule has 1 heterocycles. The fourth-order valence-corrected chi connectivity index (χ4v) is 1.76. The van der Waals surface area contributed by atoms with Crippen LogP contribution < -0.4 is 16.0 Å². The number of carbonyl (C=O) groups excluding carboxylic acids is 1. The Morgan fingerprint density at radius 3 is 3.00 bits per heavy atom. The van der Waals surface area contributed by atoms with Crippen molar-refractivity contribution in [3.8, 4) is 5.75 Å². The van der Waals surface area contributed by atoms with Crippen LogP contribution in [0, 0.1) is 12.7 Å². The van der Waals surface area contributed by atoms with Crippen LogP contribution in [0.25, 0.3) is 0 Å². The molecule has 0 aliphatic rings. The quantitative estimate of drug-likeness (QED) is 0.516. The van der Waals surface area contributed by atoms with E-state index in [1.54, 1.807) is 13.0 Å². The van der Waals surface area contributed by atoms with Crippen LogP contribution in [0.1, 0.15) is 21.9 Å². The van der Waals surface area contributed by atoms with E-state index in [2.05, 4.69) is 0 Å². The monoisotopic (exact) mass is 298 g/mol. The Balaban J connectivity index is 2.13. The lowest BCUT2D eigenvalue weighted by atomic mass is 10.2. The van der Waals surface area contributed by atoms with Crippen molar-refractivity contribution in [2.75, 3.05) is 0 Å². The maximum Gasteiger partial charge on any atom is 0.300 e. The molecule has 2 aromatic rings. The van der Waals surface area contributed by atoms with Gasteiger partial charge in [0.1, 0.15) is 12.4 Å². The molecule has 0 aliphatic heterocycles. The van der Waals surface area contributed by atoms with Crippen molar-refractivity contribution in [2.45, 2.75) is 13.5 Å². The number of amides is 1. The van der Waals surface area contributed by atoms with Gasteiger partial charge in [-0.1, -0.05) is 17.7 Å². The fraction of sp³-hybridized carbons (Fsp3) is 0.154. The predicted octanol–water partition coefficient (Wildman–Crippen LogP) is 2.56. The zero-order chi connectivity index (χ0) is 14.7. The number of nitrogens with two attached hydrogens (primary N) is 1. The predicted molar refractivity (Wildman–Crippen MR) is 70.8 cm³/mol. The lowest BCUT2D eigenvalue weighted by Crippen LogP contribution is -2.29. The maximum absolute atomic E-state index is 13.6. The van der Waals surface area contributed by atoms with Crippen LogP contribution in [-0.2, 0) is 6.61 Å². The number of hydrogen-bond donors (Lipinski definition) is 2. The number of ether oxygens (including phenoxy) is 1. The topological polar surface area (TPSA) is 77.5 Å². The van der Waals surface area contributed by atoms with Gasteiger partial charge in [0.2, 0.25) is 0 Å². The first-order valence-electron chi connectivity index (χ1n) is 5.70. The zero-order valence-electron chi connectivity index (χ0n) is 10.6. The van der Waals surface area contributed by atoms with E-state index in [-0.39, 0.29) is 23.1 Å². The number of hydrogen-bond acceptors (Lipinski definition) is 4. The molecule has 3 N–H and O–H groups in total. The lowest BCUT2D eigenvalue weighted by molar-refractivity contribution is 0.0924. The van der Waals surface area contributed by atoms with E-state index in [9.17, 15) is 9.18 Å². The highest BCUT2D eigenvalue weighted by Gasteiger charge is 2.15. The first kappa shape index (κ1) is 14.4. The smallest absolute Gasteiger partial charge is 0.300 e. The van der Waals surface area contributed by atoms with Crippen molar-refractivity contribution in [1.82, 2.24) is 5.43 Å². The number of nitrogen functional groups attached to an aromatic ring is 1. The number of hydrazine groups is 1. The largest absolute Gasteiger partial charge is 0.486 e. The second kappa shape index (κ2) is 5.94. The molecule has 0 saturated heterocycles. The standard InChI is InChI=1S/C13H12ClFN2O3/c1-7-8(5-11(20-7)13(18)17-16)6-19-10-4-2-3-9(14)12(10)15/h2-5H,6,16H2,1H3,(H,17,18). The van der Waals surface area contributed by atoms with Gasteiger partial charge in [-0.2, -0.15) is 0 Å². The summed E-state index contributed by atoms with van der Waals surface area (Å²) in [5.74, 6) is 4.42. The minimum Gasteiger partial charge on any atom is -0.486 e. The summed E-state index contributed by atoms with van der Waals surface area (Å²) < 4.78 is 24.2. The highest BCUT2D eigenvalue weighted by molar-refractivity contribution is 6.30. The lowest BCUT2D eigenvalue weighted by Gasteiger charge is -2.06. The fourth-order valence-electron chi connectivity index (χ4n) is 1.60. The second-order valence-electron chi connectivity index (χ2n) is 4.01. The second-order valence-corrected chi connectivity index (χ2v) is 4.41. The Labute approximate surface area is 119 Å². The summed E-state index contributed by atoms with van der Waals surface area (Å²) in [7, 11) is 0. The molecule has 0 aliphatic carbocycles. The molecule has 5 nitrogen and oxygen atoms in total. The molecule has 20 heavy (non-hydrogen) atoms. The first-order valence-corrected chi connectivity index (χ1v) is 6.07. The molecule has 1 aromatic carbocycles. The average Bonchev–Trinajstić information content (AvgIpc) is 2.81. The van der Waals surface area contributed by atoms with Crippen LogP contribution in [-0.4, -0.2) is 5.91 Å². The minimum absolute atomic E-state index is 0.0189. The van der Waals surface area contributed by atoms with E-state index >= 15 is 0 Å². The van der Waals surface area contributed by atoms with Crippen LogP contribution >= 0.6 is 11.6 Å². The Bertz CT molecular complexity index is 643. The Morgan fingerprint density at radius 2 is 2.30 bits per heavy atom. The summed E-state index contributed by atoms with van der Waals surface area (Å²) in [5.41, 5.74) is 2.58. The van der Waals surface area contributed by atoms with Crippen LogP contribution in [0.2, 0.25) is 5.02 Å². The van der Waals surface area contributed by atoms with Crippen molar-refractivity contribution >= 4 is 17.5 Å². The number of furan rings is 1. The van der Waals surface area contributed by atoms with Crippen LogP contribution in [0.15, 0.2) is 28.7 Å². The molecule has 1 amide bonds. The summed E-state index contributed by atoms with van der Waals surface area (Å²) in [4.78, 5) is 11.3. The summed E-state index contributed by atoms with van der Waals surface area (Å²) in [6, 6.07) is 5.96. The molecule has 1 aromatic heterocycles. The highest BCUT2D eigenvalue weighted by atomic mass is 35.5.